The first-order chi connectivity index (χ1) is 17.2. The van der Waals surface area contributed by atoms with Gasteiger partial charge in [0, 0.05) is 10.6 Å². The Morgan fingerprint density at radius 2 is 1.83 bits per heavy atom. The van der Waals surface area contributed by atoms with Crippen molar-refractivity contribution in [3.05, 3.63) is 95.6 Å². The second-order valence-corrected chi connectivity index (χ2v) is 9.03. The van der Waals surface area contributed by atoms with Gasteiger partial charge in [-0.25, -0.2) is 9.79 Å². The van der Waals surface area contributed by atoms with Crippen LogP contribution in [0, 0.1) is 0 Å². The Hall–Kier alpha value is -3.37. The molecule has 188 valence electrons. The summed E-state index contributed by atoms with van der Waals surface area (Å²) in [5, 5.41) is 0.344. The van der Waals surface area contributed by atoms with Gasteiger partial charge in [-0.2, -0.15) is 13.2 Å². The summed E-state index contributed by atoms with van der Waals surface area (Å²) in [4.78, 5) is 30.0. The van der Waals surface area contributed by atoms with E-state index in [1.54, 1.807) is 24.3 Å². The second-order valence-electron chi connectivity index (χ2n) is 7.59. The maximum Gasteiger partial charge on any atom is 0.434 e. The van der Waals surface area contributed by atoms with Crippen molar-refractivity contribution in [2.45, 2.75) is 26.1 Å². The third-order valence-corrected chi connectivity index (χ3v) is 6.52. The van der Waals surface area contributed by atoms with Crippen LogP contribution in [-0.2, 0) is 9.53 Å². The minimum absolute atomic E-state index is 0.131. The fourth-order valence-corrected chi connectivity index (χ4v) is 4.95. The first kappa shape index (κ1) is 25.7. The Bertz CT molecular complexity index is 1510. The van der Waals surface area contributed by atoms with Gasteiger partial charge in [0.1, 0.15) is 5.75 Å². The molecule has 3 aromatic rings. The molecule has 0 radical (unpaired) electrons. The van der Waals surface area contributed by atoms with Crippen molar-refractivity contribution in [3.8, 4) is 5.75 Å². The zero-order valence-corrected chi connectivity index (χ0v) is 20.7. The van der Waals surface area contributed by atoms with E-state index in [1.807, 2.05) is 6.92 Å². The molecule has 1 aliphatic heterocycles. The monoisotopic (exact) mass is 536 g/mol. The lowest BCUT2D eigenvalue weighted by Crippen LogP contribution is -2.41. The molecule has 0 bridgehead atoms. The maximum absolute atomic E-state index is 14.1. The van der Waals surface area contributed by atoms with Crippen molar-refractivity contribution >= 4 is 35.0 Å². The van der Waals surface area contributed by atoms with Gasteiger partial charge in [-0.1, -0.05) is 53.3 Å². The van der Waals surface area contributed by atoms with E-state index in [2.05, 4.69) is 4.99 Å². The highest BCUT2D eigenvalue weighted by Crippen LogP contribution is 2.38. The summed E-state index contributed by atoms with van der Waals surface area (Å²) in [6.45, 7) is 3.53. The summed E-state index contributed by atoms with van der Waals surface area (Å²) in [5.74, 6) is -0.687. The average molecular weight is 537 g/mol. The van der Waals surface area contributed by atoms with Crippen LogP contribution in [-0.4, -0.2) is 29.9 Å². The summed E-state index contributed by atoms with van der Waals surface area (Å²) in [6, 6.07) is 11.4. The van der Waals surface area contributed by atoms with Gasteiger partial charge in [0.15, 0.2) is 10.5 Å². The van der Waals surface area contributed by atoms with Gasteiger partial charge in [0.05, 0.1) is 29.4 Å². The van der Waals surface area contributed by atoms with Crippen LogP contribution in [0.5, 0.6) is 5.75 Å². The maximum atomic E-state index is 14.1. The number of alkyl halides is 3. The number of para-hydroxylation sites is 1. The molecule has 0 saturated heterocycles. The highest BCUT2D eigenvalue weighted by atomic mass is 35.5. The summed E-state index contributed by atoms with van der Waals surface area (Å²) in [7, 11) is 0. The number of halogens is 4. The highest BCUT2D eigenvalue weighted by Gasteiger charge is 2.45. The number of nitrogens with zero attached hydrogens (tertiary/aromatic N) is 2. The van der Waals surface area contributed by atoms with E-state index in [0.29, 0.717) is 22.9 Å². The summed E-state index contributed by atoms with van der Waals surface area (Å²) in [5.41, 5.74) is -1.94. The number of rotatable bonds is 6. The summed E-state index contributed by atoms with van der Waals surface area (Å²) in [6.07, 6.45) is -3.43. The Morgan fingerprint density at radius 3 is 2.47 bits per heavy atom. The van der Waals surface area contributed by atoms with Crippen molar-refractivity contribution in [2.75, 3.05) is 13.2 Å². The van der Waals surface area contributed by atoms with E-state index in [4.69, 9.17) is 21.1 Å². The number of carbonyl (C=O) groups is 1. The van der Waals surface area contributed by atoms with Crippen LogP contribution >= 0.6 is 22.9 Å². The largest absolute Gasteiger partial charge is 0.493 e. The molecular formula is C25H20ClF3N2O4S. The molecule has 11 heteroatoms. The third kappa shape index (κ3) is 4.96. The number of carbonyl (C=O) groups excluding carboxylic acids is 1. The molecule has 0 spiro atoms. The van der Waals surface area contributed by atoms with E-state index >= 15 is 0 Å². The van der Waals surface area contributed by atoms with Gasteiger partial charge in [0.25, 0.3) is 5.56 Å². The third-order valence-electron chi connectivity index (χ3n) is 5.29. The smallest absolute Gasteiger partial charge is 0.434 e. The standard InChI is InChI=1S/C25H20ClF3N2O4S/c1-3-34-17-8-6-5-7-15(17)13-18-22(32)31-20(14-9-11-16(26)12-10-14)19(23(33)35-4-2)21(25(27,28)29)30-24(31)36-18/h5-13,20H,3-4H2,1-2H3/b18-13-/t20-/m1/s1. The predicted octanol–water partition coefficient (Wildman–Crippen LogP) is 4.39. The van der Waals surface area contributed by atoms with Gasteiger partial charge in [-0.3, -0.25) is 9.36 Å². The van der Waals surface area contributed by atoms with E-state index in [0.717, 1.165) is 15.9 Å². The molecule has 0 aliphatic carbocycles. The first-order valence-corrected chi connectivity index (χ1v) is 12.1. The number of fused-ring (bicyclic) bond motifs is 1. The van der Waals surface area contributed by atoms with Gasteiger partial charge in [-0.05, 0) is 43.7 Å². The Morgan fingerprint density at radius 1 is 1.14 bits per heavy atom. The number of thiazole rings is 1. The number of hydrogen-bond donors (Lipinski definition) is 0. The lowest BCUT2D eigenvalue weighted by atomic mass is 9.95. The van der Waals surface area contributed by atoms with Crippen molar-refractivity contribution in [3.63, 3.8) is 0 Å². The SMILES string of the molecule is CCOC(=O)C1=C(C(F)(F)F)N=c2s/c(=C\c3ccccc3OCC)c(=O)n2[C@@H]1c1ccc(Cl)cc1. The summed E-state index contributed by atoms with van der Waals surface area (Å²) < 4.78 is 54.2. The molecule has 0 saturated carbocycles. The lowest BCUT2D eigenvalue weighted by molar-refractivity contribution is -0.140. The van der Waals surface area contributed by atoms with Crippen LogP contribution in [0.2, 0.25) is 5.02 Å². The molecule has 6 nitrogen and oxygen atoms in total. The van der Waals surface area contributed by atoms with Crippen molar-refractivity contribution in [2.24, 2.45) is 4.99 Å². The molecule has 0 fully saturated rings. The van der Waals surface area contributed by atoms with Crippen molar-refractivity contribution in [1.29, 1.82) is 0 Å². The molecule has 0 unspecified atom stereocenters. The molecule has 4 rings (SSSR count). The van der Waals surface area contributed by atoms with E-state index in [1.165, 1.54) is 37.3 Å². The molecule has 0 amide bonds. The Balaban J connectivity index is 2.04. The average Bonchev–Trinajstić information content (AvgIpc) is 3.14. The zero-order valence-electron chi connectivity index (χ0n) is 19.1. The van der Waals surface area contributed by atoms with Crippen LogP contribution in [0.4, 0.5) is 13.2 Å². The Kier molecular flexibility index (Phi) is 7.37. The fraction of sp³-hybridized carbons (Fsp3) is 0.240. The van der Waals surface area contributed by atoms with E-state index < -0.39 is 35.0 Å². The van der Waals surface area contributed by atoms with E-state index in [-0.39, 0.29) is 21.5 Å². The molecule has 1 aliphatic rings. The molecule has 2 aromatic carbocycles. The Labute approximate surface area is 212 Å². The first-order valence-electron chi connectivity index (χ1n) is 10.9. The normalized spacial score (nSPS) is 15.9. The number of ether oxygens (including phenoxy) is 2. The quantitative estimate of drug-likeness (QED) is 0.438. The topological polar surface area (TPSA) is 69.9 Å². The zero-order chi connectivity index (χ0) is 26.0. The molecule has 0 N–H and O–H groups in total. The molecular weight excluding hydrogens is 517 g/mol. The van der Waals surface area contributed by atoms with Crippen LogP contribution in [0.1, 0.15) is 31.0 Å². The van der Waals surface area contributed by atoms with Gasteiger partial charge < -0.3 is 9.47 Å². The van der Waals surface area contributed by atoms with Crippen molar-refractivity contribution in [1.82, 2.24) is 4.57 Å². The lowest BCUT2D eigenvalue weighted by Gasteiger charge is -2.26. The van der Waals surface area contributed by atoms with Crippen molar-refractivity contribution < 1.29 is 27.4 Å². The second kappa shape index (κ2) is 10.3. The van der Waals surface area contributed by atoms with Crippen LogP contribution in [0.3, 0.4) is 0 Å². The molecule has 1 aromatic heterocycles. The number of aromatic nitrogens is 1. The molecule has 1 atom stereocenters. The number of esters is 1. The van der Waals surface area contributed by atoms with Gasteiger partial charge in [-0.15, -0.1) is 0 Å². The fourth-order valence-electron chi connectivity index (χ4n) is 3.83. The summed E-state index contributed by atoms with van der Waals surface area (Å²) >= 11 is 6.77. The van der Waals surface area contributed by atoms with Gasteiger partial charge >= 0.3 is 12.1 Å². The van der Waals surface area contributed by atoms with Crippen LogP contribution in [0.25, 0.3) is 6.08 Å². The van der Waals surface area contributed by atoms with E-state index in [9.17, 15) is 22.8 Å². The minimum atomic E-state index is -4.97. The number of allylic oxidation sites excluding steroid dienone is 1. The number of benzene rings is 2. The minimum Gasteiger partial charge on any atom is -0.493 e. The predicted molar refractivity (Wildman–Crippen MR) is 130 cm³/mol. The molecule has 2 heterocycles. The van der Waals surface area contributed by atoms with Gasteiger partial charge in [0.2, 0.25) is 0 Å². The molecule has 36 heavy (non-hydrogen) atoms. The highest BCUT2D eigenvalue weighted by molar-refractivity contribution is 7.07. The van der Waals surface area contributed by atoms with Crippen LogP contribution in [0.15, 0.2) is 69.6 Å². The number of hydrogen-bond acceptors (Lipinski definition) is 6. The van der Waals surface area contributed by atoms with Crippen LogP contribution < -0.4 is 19.6 Å².